The highest BCUT2D eigenvalue weighted by Crippen LogP contribution is 2.21. The van der Waals surface area contributed by atoms with Gasteiger partial charge in [0.05, 0.1) is 24.2 Å². The quantitative estimate of drug-likeness (QED) is 0.927. The smallest absolute Gasteiger partial charge is 0.263 e. The predicted molar refractivity (Wildman–Crippen MR) is 81.6 cm³/mol. The lowest BCUT2D eigenvalue weighted by Crippen LogP contribution is -2.16. The van der Waals surface area contributed by atoms with Crippen LogP contribution in [0.2, 0.25) is 0 Å². The standard InChI is InChI=1S/C14H17N5O2S/c1-14(2,3)13-5-4-12(9-16-13)22(20,21)18-11-8-17-19(10-11)7-6-15/h4-5,8-10,18H,7H2,1-3H3. The Hall–Kier alpha value is -2.40. The van der Waals surface area contributed by atoms with Crippen molar-refractivity contribution in [1.82, 2.24) is 14.8 Å². The van der Waals surface area contributed by atoms with Crippen molar-refractivity contribution in [3.05, 3.63) is 36.4 Å². The molecule has 0 radical (unpaired) electrons. The first-order chi connectivity index (χ1) is 10.2. The third-order valence-corrected chi connectivity index (χ3v) is 4.30. The van der Waals surface area contributed by atoms with Crippen LogP contribution in [0.25, 0.3) is 0 Å². The number of rotatable bonds is 4. The van der Waals surface area contributed by atoms with Crippen LogP contribution < -0.4 is 4.72 Å². The largest absolute Gasteiger partial charge is 0.276 e. The van der Waals surface area contributed by atoms with Gasteiger partial charge in [-0.2, -0.15) is 10.4 Å². The van der Waals surface area contributed by atoms with E-state index in [4.69, 9.17) is 5.26 Å². The third-order valence-electron chi connectivity index (χ3n) is 2.93. The van der Waals surface area contributed by atoms with Gasteiger partial charge in [0, 0.05) is 17.3 Å². The highest BCUT2D eigenvalue weighted by Gasteiger charge is 2.19. The summed E-state index contributed by atoms with van der Waals surface area (Å²) in [5.41, 5.74) is 0.970. The molecule has 0 aliphatic heterocycles. The molecule has 0 fully saturated rings. The van der Waals surface area contributed by atoms with Crippen molar-refractivity contribution in [3.8, 4) is 6.07 Å². The summed E-state index contributed by atoms with van der Waals surface area (Å²) < 4.78 is 28.3. The fourth-order valence-corrected chi connectivity index (χ4v) is 2.74. The van der Waals surface area contributed by atoms with Crippen LogP contribution in [0.1, 0.15) is 26.5 Å². The molecule has 1 N–H and O–H groups in total. The molecule has 0 saturated carbocycles. The molecule has 0 spiro atoms. The van der Waals surface area contributed by atoms with Crippen molar-refractivity contribution in [2.45, 2.75) is 37.6 Å². The van der Waals surface area contributed by atoms with Gasteiger partial charge >= 0.3 is 0 Å². The van der Waals surface area contributed by atoms with Gasteiger partial charge in [-0.15, -0.1) is 0 Å². The number of aromatic nitrogens is 3. The maximum Gasteiger partial charge on any atom is 0.263 e. The molecular weight excluding hydrogens is 302 g/mol. The third kappa shape index (κ3) is 3.62. The Morgan fingerprint density at radius 1 is 1.32 bits per heavy atom. The molecule has 2 heterocycles. The van der Waals surface area contributed by atoms with Gasteiger partial charge in [-0.1, -0.05) is 20.8 Å². The molecule has 0 saturated heterocycles. The topological polar surface area (TPSA) is 101 Å². The zero-order valence-electron chi connectivity index (χ0n) is 12.6. The predicted octanol–water partition coefficient (Wildman–Crippen LogP) is 1.90. The first-order valence-electron chi connectivity index (χ1n) is 6.61. The Balaban J connectivity index is 2.21. The number of anilines is 1. The van der Waals surface area contributed by atoms with Gasteiger partial charge in [0.25, 0.3) is 10.0 Å². The molecule has 0 aromatic carbocycles. The highest BCUT2D eigenvalue weighted by molar-refractivity contribution is 7.92. The number of hydrogen-bond acceptors (Lipinski definition) is 5. The number of nitrogens with zero attached hydrogens (tertiary/aromatic N) is 4. The second kappa shape index (κ2) is 5.77. The van der Waals surface area contributed by atoms with Crippen LogP contribution in [0.3, 0.4) is 0 Å². The van der Waals surface area contributed by atoms with Crippen molar-refractivity contribution in [1.29, 1.82) is 5.26 Å². The van der Waals surface area contributed by atoms with E-state index in [2.05, 4.69) is 14.8 Å². The van der Waals surface area contributed by atoms with E-state index in [9.17, 15) is 8.42 Å². The lowest BCUT2D eigenvalue weighted by atomic mass is 9.92. The van der Waals surface area contributed by atoms with Crippen molar-refractivity contribution >= 4 is 15.7 Å². The molecular formula is C14H17N5O2S. The second-order valence-corrected chi connectivity index (χ2v) is 7.50. The Morgan fingerprint density at radius 3 is 2.59 bits per heavy atom. The lowest BCUT2D eigenvalue weighted by Gasteiger charge is -2.17. The minimum atomic E-state index is -3.73. The monoisotopic (exact) mass is 319 g/mol. The van der Waals surface area contributed by atoms with Crippen LogP contribution in [0.5, 0.6) is 0 Å². The van der Waals surface area contributed by atoms with E-state index in [1.54, 1.807) is 6.07 Å². The molecule has 8 heteroatoms. The van der Waals surface area contributed by atoms with E-state index in [-0.39, 0.29) is 16.9 Å². The van der Waals surface area contributed by atoms with Crippen molar-refractivity contribution in [2.75, 3.05) is 4.72 Å². The van der Waals surface area contributed by atoms with E-state index in [0.717, 1.165) is 5.69 Å². The van der Waals surface area contributed by atoms with Crippen LogP contribution in [0.15, 0.2) is 35.6 Å². The second-order valence-electron chi connectivity index (χ2n) is 5.82. The zero-order chi connectivity index (χ0) is 16.4. The summed E-state index contributed by atoms with van der Waals surface area (Å²) in [7, 11) is -3.73. The summed E-state index contributed by atoms with van der Waals surface area (Å²) in [5, 5.41) is 12.5. The summed E-state index contributed by atoms with van der Waals surface area (Å²) in [6, 6.07) is 5.15. The summed E-state index contributed by atoms with van der Waals surface area (Å²) >= 11 is 0. The summed E-state index contributed by atoms with van der Waals surface area (Å²) in [6.07, 6.45) is 4.15. The molecule has 0 unspecified atom stereocenters. The SMILES string of the molecule is CC(C)(C)c1ccc(S(=O)(=O)Nc2cnn(CC#N)c2)cn1. The van der Waals surface area contributed by atoms with Gasteiger partial charge in [-0.05, 0) is 12.1 Å². The minimum absolute atomic E-state index is 0.0591. The van der Waals surface area contributed by atoms with Gasteiger partial charge in [0.1, 0.15) is 11.4 Å². The van der Waals surface area contributed by atoms with Gasteiger partial charge in [-0.3, -0.25) is 14.4 Å². The fraction of sp³-hybridized carbons (Fsp3) is 0.357. The molecule has 0 amide bonds. The van der Waals surface area contributed by atoms with Crippen LogP contribution in [-0.2, 0) is 22.0 Å². The average Bonchev–Trinajstić information content (AvgIpc) is 2.85. The van der Waals surface area contributed by atoms with E-state index in [1.165, 1.54) is 29.3 Å². The zero-order valence-corrected chi connectivity index (χ0v) is 13.4. The number of nitrogens with one attached hydrogen (secondary N) is 1. The first kappa shape index (κ1) is 16.0. The molecule has 116 valence electrons. The molecule has 0 aliphatic carbocycles. The summed E-state index contributed by atoms with van der Waals surface area (Å²) in [5.74, 6) is 0. The van der Waals surface area contributed by atoms with E-state index in [0.29, 0.717) is 5.69 Å². The maximum absolute atomic E-state index is 12.3. The highest BCUT2D eigenvalue weighted by atomic mass is 32.2. The number of hydrogen-bond donors (Lipinski definition) is 1. The number of sulfonamides is 1. The molecule has 22 heavy (non-hydrogen) atoms. The van der Waals surface area contributed by atoms with E-state index >= 15 is 0 Å². The van der Waals surface area contributed by atoms with Gasteiger partial charge < -0.3 is 0 Å². The van der Waals surface area contributed by atoms with Crippen molar-refractivity contribution in [3.63, 3.8) is 0 Å². The van der Waals surface area contributed by atoms with Crippen LogP contribution >= 0.6 is 0 Å². The van der Waals surface area contributed by atoms with Gasteiger partial charge in [0.15, 0.2) is 0 Å². The lowest BCUT2D eigenvalue weighted by molar-refractivity contribution is 0.566. The van der Waals surface area contributed by atoms with Crippen LogP contribution in [0, 0.1) is 11.3 Å². The maximum atomic E-state index is 12.3. The molecule has 0 bridgehead atoms. The average molecular weight is 319 g/mol. The minimum Gasteiger partial charge on any atom is -0.276 e. The van der Waals surface area contributed by atoms with Crippen LogP contribution in [-0.4, -0.2) is 23.2 Å². The Bertz CT molecular complexity index is 795. The molecule has 0 atom stereocenters. The molecule has 2 aromatic heterocycles. The number of nitriles is 1. The molecule has 7 nitrogen and oxygen atoms in total. The molecule has 0 aliphatic rings. The fourth-order valence-electron chi connectivity index (χ4n) is 1.77. The summed E-state index contributed by atoms with van der Waals surface area (Å²) in [4.78, 5) is 4.29. The van der Waals surface area contributed by atoms with E-state index < -0.39 is 10.0 Å². The van der Waals surface area contributed by atoms with Crippen molar-refractivity contribution < 1.29 is 8.42 Å². The first-order valence-corrected chi connectivity index (χ1v) is 8.09. The Morgan fingerprint density at radius 2 is 2.05 bits per heavy atom. The number of pyridine rings is 1. The Labute approximate surface area is 129 Å². The Kier molecular flexibility index (Phi) is 4.19. The normalized spacial score (nSPS) is 11.9. The molecule has 2 aromatic rings. The summed E-state index contributed by atoms with van der Waals surface area (Å²) in [6.45, 7) is 6.07. The van der Waals surface area contributed by atoms with E-state index in [1.807, 2.05) is 26.8 Å². The molecule has 2 rings (SSSR count). The van der Waals surface area contributed by atoms with Gasteiger partial charge in [0.2, 0.25) is 0 Å². The van der Waals surface area contributed by atoms with Gasteiger partial charge in [-0.25, -0.2) is 8.42 Å². The van der Waals surface area contributed by atoms with Crippen molar-refractivity contribution in [2.24, 2.45) is 0 Å². The van der Waals surface area contributed by atoms with Crippen LogP contribution in [0.4, 0.5) is 5.69 Å².